The number of hydrogen-bond donors (Lipinski definition) is 1. The minimum Gasteiger partial charge on any atom is -0.359 e. The molecule has 0 fully saturated rings. The molecule has 0 aliphatic carbocycles. The number of hydrogen-bond acceptors (Lipinski definition) is 1. The second kappa shape index (κ2) is 3.16. The van der Waals surface area contributed by atoms with Crippen molar-refractivity contribution in [3.8, 4) is 0 Å². The van der Waals surface area contributed by atoms with E-state index >= 15 is 0 Å². The number of aryl methyl sites for hydroxylation is 1. The summed E-state index contributed by atoms with van der Waals surface area (Å²) in [6.45, 7) is 10.7. The molecular formula is C13H17N. The Bertz CT molecular complexity index is 377. The Morgan fingerprint density at radius 3 is 2.71 bits per heavy atom. The minimum atomic E-state index is 0.477. The molecular weight excluding hydrogens is 170 g/mol. The van der Waals surface area contributed by atoms with E-state index in [4.69, 9.17) is 0 Å². The molecule has 0 aromatic heterocycles. The van der Waals surface area contributed by atoms with Gasteiger partial charge in [-0.1, -0.05) is 32.6 Å². The molecule has 0 bridgehead atoms. The van der Waals surface area contributed by atoms with Crippen molar-refractivity contribution in [1.82, 2.24) is 0 Å². The Morgan fingerprint density at radius 1 is 1.36 bits per heavy atom. The van der Waals surface area contributed by atoms with E-state index in [-0.39, 0.29) is 0 Å². The predicted octanol–water partition coefficient (Wildman–Crippen LogP) is 3.67. The molecule has 1 N–H and O–H groups in total. The zero-order valence-electron chi connectivity index (χ0n) is 9.09. The van der Waals surface area contributed by atoms with E-state index in [0.29, 0.717) is 11.8 Å². The largest absolute Gasteiger partial charge is 0.359 e. The van der Waals surface area contributed by atoms with Crippen molar-refractivity contribution in [3.05, 3.63) is 41.6 Å². The fourth-order valence-corrected chi connectivity index (χ4v) is 2.25. The van der Waals surface area contributed by atoms with Crippen LogP contribution in [0.15, 0.2) is 30.5 Å². The van der Waals surface area contributed by atoms with Gasteiger partial charge in [0.25, 0.3) is 0 Å². The average Bonchev–Trinajstić information content (AvgIpc) is 2.39. The van der Waals surface area contributed by atoms with Crippen LogP contribution in [0.3, 0.4) is 0 Å². The maximum absolute atomic E-state index is 4.09. The van der Waals surface area contributed by atoms with Gasteiger partial charge >= 0.3 is 0 Å². The summed E-state index contributed by atoms with van der Waals surface area (Å²) in [5.74, 6) is 1.09. The van der Waals surface area contributed by atoms with Gasteiger partial charge < -0.3 is 5.32 Å². The summed E-state index contributed by atoms with van der Waals surface area (Å²) >= 11 is 0. The van der Waals surface area contributed by atoms with Gasteiger partial charge in [-0.05, 0) is 30.0 Å². The first-order valence-electron chi connectivity index (χ1n) is 5.16. The van der Waals surface area contributed by atoms with Crippen LogP contribution in [0.1, 0.15) is 30.9 Å². The topological polar surface area (TPSA) is 12.0 Å². The molecule has 1 heteroatoms. The maximum atomic E-state index is 4.09. The van der Waals surface area contributed by atoms with Crippen LogP contribution >= 0.6 is 0 Å². The fraction of sp³-hybridized carbons (Fsp3) is 0.385. The van der Waals surface area contributed by atoms with Gasteiger partial charge in [0, 0.05) is 17.3 Å². The quantitative estimate of drug-likeness (QED) is 0.707. The first-order chi connectivity index (χ1) is 6.59. The minimum absolute atomic E-state index is 0.477. The summed E-state index contributed by atoms with van der Waals surface area (Å²) in [5, 5.41) is 3.38. The van der Waals surface area contributed by atoms with Crippen LogP contribution in [0.25, 0.3) is 0 Å². The van der Waals surface area contributed by atoms with E-state index < -0.39 is 0 Å². The zero-order valence-corrected chi connectivity index (χ0v) is 9.09. The highest BCUT2D eigenvalue weighted by Crippen LogP contribution is 2.42. The second-order valence-corrected chi connectivity index (χ2v) is 4.46. The fourth-order valence-electron chi connectivity index (χ4n) is 2.25. The van der Waals surface area contributed by atoms with Crippen molar-refractivity contribution in [2.75, 3.05) is 5.32 Å². The monoisotopic (exact) mass is 187 g/mol. The van der Waals surface area contributed by atoms with Crippen molar-refractivity contribution in [2.24, 2.45) is 5.92 Å². The van der Waals surface area contributed by atoms with Crippen LogP contribution in [0, 0.1) is 12.8 Å². The van der Waals surface area contributed by atoms with Gasteiger partial charge in [-0.2, -0.15) is 0 Å². The van der Waals surface area contributed by atoms with Crippen LogP contribution in [-0.2, 0) is 0 Å². The van der Waals surface area contributed by atoms with Gasteiger partial charge in [-0.25, -0.2) is 0 Å². The zero-order chi connectivity index (χ0) is 10.3. The molecule has 1 aromatic carbocycles. The first kappa shape index (κ1) is 9.32. The lowest BCUT2D eigenvalue weighted by Gasteiger charge is -2.15. The van der Waals surface area contributed by atoms with Crippen LogP contribution in [0.4, 0.5) is 5.69 Å². The third-order valence-corrected chi connectivity index (χ3v) is 2.88. The summed E-state index contributed by atoms with van der Waals surface area (Å²) in [6, 6.07) is 6.60. The molecule has 0 radical (unpaired) electrons. The van der Waals surface area contributed by atoms with Gasteiger partial charge in [0.1, 0.15) is 0 Å². The number of benzene rings is 1. The Balaban J connectivity index is 2.48. The number of rotatable bonds is 1. The molecule has 2 rings (SSSR count). The highest BCUT2D eigenvalue weighted by molar-refractivity contribution is 5.65. The van der Waals surface area contributed by atoms with E-state index in [1.807, 2.05) is 0 Å². The van der Waals surface area contributed by atoms with E-state index in [2.05, 4.69) is 50.9 Å². The highest BCUT2D eigenvalue weighted by Gasteiger charge is 2.27. The van der Waals surface area contributed by atoms with E-state index in [1.54, 1.807) is 0 Å². The summed E-state index contributed by atoms with van der Waals surface area (Å²) < 4.78 is 0. The third-order valence-electron chi connectivity index (χ3n) is 2.88. The molecule has 1 atom stereocenters. The predicted molar refractivity (Wildman–Crippen MR) is 61.5 cm³/mol. The van der Waals surface area contributed by atoms with Crippen molar-refractivity contribution < 1.29 is 0 Å². The smallest absolute Gasteiger partial charge is 0.0423 e. The van der Waals surface area contributed by atoms with Crippen LogP contribution in [-0.4, -0.2) is 0 Å². The summed E-state index contributed by atoms with van der Waals surface area (Å²) in [6.07, 6.45) is 0. The molecule has 0 saturated carbocycles. The number of allylic oxidation sites excluding steroid dienone is 1. The Labute approximate surface area is 85.8 Å². The molecule has 1 aliphatic heterocycles. The standard InChI is InChI=1S/C13H17N/c1-8(2)13-10(4)14-12-7-9(3)5-6-11(12)13/h5-8,13-14H,4H2,1-3H3/t13-/m0/s1. The molecule has 14 heavy (non-hydrogen) atoms. The first-order valence-corrected chi connectivity index (χ1v) is 5.16. The van der Waals surface area contributed by atoms with Gasteiger partial charge in [0.05, 0.1) is 0 Å². The molecule has 1 heterocycles. The molecule has 0 unspecified atom stereocenters. The molecule has 0 saturated heterocycles. The van der Waals surface area contributed by atoms with Gasteiger partial charge in [-0.15, -0.1) is 0 Å². The summed E-state index contributed by atoms with van der Waals surface area (Å²) in [7, 11) is 0. The molecule has 74 valence electrons. The van der Waals surface area contributed by atoms with Crippen molar-refractivity contribution >= 4 is 5.69 Å². The van der Waals surface area contributed by atoms with Crippen LogP contribution in [0.5, 0.6) is 0 Å². The number of fused-ring (bicyclic) bond motifs is 1. The molecule has 1 aliphatic rings. The lowest BCUT2D eigenvalue weighted by molar-refractivity contribution is 0.571. The van der Waals surface area contributed by atoms with E-state index in [1.165, 1.54) is 16.8 Å². The Kier molecular flexibility index (Phi) is 2.10. The summed E-state index contributed by atoms with van der Waals surface area (Å²) in [4.78, 5) is 0. The highest BCUT2D eigenvalue weighted by atomic mass is 14.9. The number of nitrogens with one attached hydrogen (secondary N) is 1. The maximum Gasteiger partial charge on any atom is 0.0423 e. The molecule has 1 nitrogen and oxygen atoms in total. The molecule has 0 spiro atoms. The Hall–Kier alpha value is -1.24. The lowest BCUT2D eigenvalue weighted by atomic mass is 9.88. The SMILES string of the molecule is C=C1Nc2cc(C)ccc2[C@H]1C(C)C. The van der Waals surface area contributed by atoms with Gasteiger partial charge in [0.2, 0.25) is 0 Å². The van der Waals surface area contributed by atoms with Crippen molar-refractivity contribution in [3.63, 3.8) is 0 Å². The van der Waals surface area contributed by atoms with Gasteiger partial charge in [-0.3, -0.25) is 0 Å². The van der Waals surface area contributed by atoms with Crippen molar-refractivity contribution in [1.29, 1.82) is 0 Å². The number of anilines is 1. The van der Waals surface area contributed by atoms with Crippen molar-refractivity contribution in [2.45, 2.75) is 26.7 Å². The summed E-state index contributed by atoms with van der Waals surface area (Å²) in [5.41, 5.74) is 5.08. The third kappa shape index (κ3) is 1.33. The Morgan fingerprint density at radius 2 is 2.07 bits per heavy atom. The average molecular weight is 187 g/mol. The van der Waals surface area contributed by atoms with Gasteiger partial charge in [0.15, 0.2) is 0 Å². The lowest BCUT2D eigenvalue weighted by Crippen LogP contribution is -2.05. The second-order valence-electron chi connectivity index (χ2n) is 4.46. The van der Waals surface area contributed by atoms with Crippen LogP contribution < -0.4 is 5.32 Å². The van der Waals surface area contributed by atoms with E-state index in [9.17, 15) is 0 Å². The molecule has 0 amide bonds. The molecule has 1 aromatic rings. The van der Waals surface area contributed by atoms with E-state index in [0.717, 1.165) is 5.70 Å². The normalized spacial score (nSPS) is 19.7. The van der Waals surface area contributed by atoms with Crippen LogP contribution in [0.2, 0.25) is 0 Å².